The minimum Gasteiger partial charge on any atom is -0.333 e. The smallest absolute Gasteiger partial charge is 0.333 e. The van der Waals surface area contributed by atoms with Gasteiger partial charge in [-0.05, 0) is 44.3 Å². The fourth-order valence-corrected chi connectivity index (χ4v) is 5.51. The lowest BCUT2D eigenvalue weighted by atomic mass is 9.83. The summed E-state index contributed by atoms with van der Waals surface area (Å²) in [5.74, 6) is -3.36. The lowest BCUT2D eigenvalue weighted by molar-refractivity contribution is -0.141. The van der Waals surface area contributed by atoms with Crippen molar-refractivity contribution >= 4 is 22.2 Å². The van der Waals surface area contributed by atoms with E-state index in [9.17, 15) is 22.4 Å². The molecule has 0 unspecified atom stereocenters. The molecule has 1 aromatic carbocycles. The average Bonchev–Trinajstić information content (AvgIpc) is 3.46. The Labute approximate surface area is 220 Å². The number of carbonyl (C=O) groups excluding carboxylic acids is 1. The van der Waals surface area contributed by atoms with Gasteiger partial charge in [0.1, 0.15) is 11.6 Å². The summed E-state index contributed by atoms with van der Waals surface area (Å²) in [6.45, 7) is 9.76. The Kier molecular flexibility index (Phi) is 7.71. The van der Waals surface area contributed by atoms with Crippen molar-refractivity contribution in [1.29, 1.82) is 0 Å². The standard InChI is InChI=1S/C26H24F5N5OS/c1-5-36-13-19(25(33-36)26(29,30)31)24-17(9-15(27)10-20(24)28)18-12-35(23(37)7-6-8-34(3)4)14-21-16(18)11-22(32-2)38-21/h6-7,9-11,13,18H,5,8,12,14H2,1,3-4H3/b7-6+/t18-/m1/s1. The maximum absolute atomic E-state index is 15.4. The van der Waals surface area contributed by atoms with Crippen LogP contribution in [0.15, 0.2) is 36.5 Å². The van der Waals surface area contributed by atoms with Crippen LogP contribution in [0.25, 0.3) is 16.0 Å². The zero-order valence-electron chi connectivity index (χ0n) is 20.8. The molecule has 0 saturated heterocycles. The van der Waals surface area contributed by atoms with Gasteiger partial charge in [-0.15, -0.1) is 0 Å². The Morgan fingerprint density at radius 1 is 1.26 bits per heavy atom. The highest BCUT2D eigenvalue weighted by molar-refractivity contribution is 7.16. The number of amides is 1. The first-order valence-electron chi connectivity index (χ1n) is 11.7. The molecule has 3 heterocycles. The van der Waals surface area contributed by atoms with E-state index in [1.165, 1.54) is 11.0 Å². The number of aromatic nitrogens is 2. The second kappa shape index (κ2) is 10.7. The monoisotopic (exact) mass is 549 g/mol. The highest BCUT2D eigenvalue weighted by Crippen LogP contribution is 2.46. The summed E-state index contributed by atoms with van der Waals surface area (Å²) in [4.78, 5) is 20.4. The highest BCUT2D eigenvalue weighted by atomic mass is 32.1. The van der Waals surface area contributed by atoms with E-state index in [0.29, 0.717) is 28.1 Å². The SMILES string of the molecule is [C-]#[N+]c1cc2c(s1)CN(C(=O)/C=C/CN(C)C)C[C@H]2c1cc(F)cc(F)c1-c1cn(CC)nc1C(F)(F)F. The van der Waals surface area contributed by atoms with E-state index >= 15 is 4.39 Å². The Bertz CT molecular complexity index is 1430. The van der Waals surface area contributed by atoms with Gasteiger partial charge in [-0.2, -0.15) is 29.6 Å². The molecule has 0 bridgehead atoms. The average molecular weight is 550 g/mol. The molecule has 6 nitrogen and oxygen atoms in total. The molecule has 0 saturated carbocycles. The van der Waals surface area contributed by atoms with Crippen LogP contribution in [-0.2, 0) is 24.1 Å². The zero-order chi connectivity index (χ0) is 27.8. The van der Waals surface area contributed by atoms with E-state index in [2.05, 4.69) is 9.94 Å². The number of nitrogens with zero attached hydrogens (tertiary/aromatic N) is 5. The van der Waals surface area contributed by atoms with Crippen molar-refractivity contribution < 1.29 is 26.7 Å². The van der Waals surface area contributed by atoms with Crippen molar-refractivity contribution in [3.8, 4) is 11.1 Å². The van der Waals surface area contributed by atoms with Crippen LogP contribution in [0.5, 0.6) is 0 Å². The molecular weight excluding hydrogens is 525 g/mol. The lowest BCUT2D eigenvalue weighted by Crippen LogP contribution is -2.37. The van der Waals surface area contributed by atoms with E-state index in [1.807, 2.05) is 19.0 Å². The Balaban J connectivity index is 1.90. The number of alkyl halides is 3. The molecule has 0 spiro atoms. The van der Waals surface area contributed by atoms with Gasteiger partial charge in [-0.25, -0.2) is 13.6 Å². The van der Waals surface area contributed by atoms with Gasteiger partial charge in [-0.3, -0.25) is 9.48 Å². The molecule has 1 aliphatic heterocycles. The summed E-state index contributed by atoms with van der Waals surface area (Å²) in [7, 11) is 3.68. The van der Waals surface area contributed by atoms with Gasteiger partial charge in [0.15, 0.2) is 5.69 Å². The van der Waals surface area contributed by atoms with Gasteiger partial charge >= 0.3 is 6.18 Å². The molecule has 0 radical (unpaired) electrons. The van der Waals surface area contributed by atoms with Crippen LogP contribution < -0.4 is 0 Å². The lowest BCUT2D eigenvalue weighted by Gasteiger charge is -2.34. The van der Waals surface area contributed by atoms with Crippen LogP contribution >= 0.6 is 11.3 Å². The molecule has 0 aliphatic carbocycles. The number of rotatable bonds is 6. The first-order chi connectivity index (χ1) is 17.9. The predicted octanol–water partition coefficient (Wildman–Crippen LogP) is 6.07. The van der Waals surface area contributed by atoms with Crippen LogP contribution in [0.1, 0.15) is 34.5 Å². The minimum absolute atomic E-state index is 0.0362. The third kappa shape index (κ3) is 5.49. The number of likely N-dealkylation sites (N-methyl/N-ethyl adjacent to an activating group) is 1. The van der Waals surface area contributed by atoms with Crippen molar-refractivity contribution in [1.82, 2.24) is 19.6 Å². The van der Waals surface area contributed by atoms with Crippen LogP contribution in [0.2, 0.25) is 0 Å². The number of benzene rings is 1. The molecule has 200 valence electrons. The predicted molar refractivity (Wildman–Crippen MR) is 134 cm³/mol. The maximum atomic E-state index is 15.4. The molecule has 0 N–H and O–H groups in total. The van der Waals surface area contributed by atoms with Crippen LogP contribution in [-0.4, -0.2) is 52.7 Å². The fourth-order valence-electron chi connectivity index (χ4n) is 4.49. The van der Waals surface area contributed by atoms with Gasteiger partial charge in [0.05, 0.1) is 13.1 Å². The molecule has 3 aromatic rings. The second-order valence-electron chi connectivity index (χ2n) is 9.11. The van der Waals surface area contributed by atoms with Gasteiger partial charge < -0.3 is 9.80 Å². The van der Waals surface area contributed by atoms with E-state index in [0.717, 1.165) is 28.3 Å². The van der Waals surface area contributed by atoms with Gasteiger partial charge in [0.2, 0.25) is 10.9 Å². The summed E-state index contributed by atoms with van der Waals surface area (Å²) in [5, 5.41) is 3.91. The van der Waals surface area contributed by atoms with Crippen LogP contribution in [0.4, 0.5) is 27.0 Å². The van der Waals surface area contributed by atoms with E-state index < -0.39 is 40.5 Å². The number of hydrogen-bond acceptors (Lipinski definition) is 4. The summed E-state index contributed by atoms with van der Waals surface area (Å²) in [6, 6.07) is 3.12. The van der Waals surface area contributed by atoms with Crippen LogP contribution in [0.3, 0.4) is 0 Å². The molecule has 0 fully saturated rings. The number of aryl methyl sites for hydroxylation is 1. The molecule has 2 aromatic heterocycles. The number of carbonyl (C=O) groups is 1. The summed E-state index contributed by atoms with van der Waals surface area (Å²) in [6.07, 6.45) is -0.721. The van der Waals surface area contributed by atoms with Crippen molar-refractivity contribution in [3.05, 3.63) is 81.3 Å². The molecule has 1 amide bonds. The van der Waals surface area contributed by atoms with Gasteiger partial charge in [0, 0.05) is 59.9 Å². The second-order valence-corrected chi connectivity index (χ2v) is 10.2. The third-order valence-corrected chi connectivity index (χ3v) is 7.21. The quantitative estimate of drug-likeness (QED) is 0.213. The van der Waals surface area contributed by atoms with Crippen molar-refractivity contribution in [2.45, 2.75) is 32.1 Å². The Morgan fingerprint density at radius 3 is 2.63 bits per heavy atom. The molecular formula is C26H24F5N5OS. The van der Waals surface area contributed by atoms with Crippen molar-refractivity contribution in [3.63, 3.8) is 0 Å². The first kappa shape index (κ1) is 27.5. The van der Waals surface area contributed by atoms with Gasteiger partial charge in [0.25, 0.3) is 0 Å². The molecule has 1 atom stereocenters. The van der Waals surface area contributed by atoms with E-state index in [1.54, 1.807) is 19.1 Å². The fraction of sp³-hybridized carbons (Fsp3) is 0.346. The summed E-state index contributed by atoms with van der Waals surface area (Å²) in [5.41, 5.74) is -1.71. The van der Waals surface area contributed by atoms with Crippen LogP contribution in [0, 0.1) is 18.2 Å². The Hall–Kier alpha value is -3.56. The zero-order valence-corrected chi connectivity index (χ0v) is 21.6. The number of hydrogen-bond donors (Lipinski definition) is 0. The first-order valence-corrected chi connectivity index (χ1v) is 12.5. The topological polar surface area (TPSA) is 45.7 Å². The third-order valence-electron chi connectivity index (χ3n) is 6.18. The van der Waals surface area contributed by atoms with Crippen molar-refractivity contribution in [2.75, 3.05) is 27.2 Å². The summed E-state index contributed by atoms with van der Waals surface area (Å²) < 4.78 is 72.8. The normalized spacial score (nSPS) is 15.8. The van der Waals surface area contributed by atoms with Gasteiger partial charge in [-0.1, -0.05) is 6.08 Å². The number of thiophene rings is 1. The molecule has 1 aliphatic rings. The molecule has 38 heavy (non-hydrogen) atoms. The Morgan fingerprint density at radius 2 is 2.00 bits per heavy atom. The number of fused-ring (bicyclic) bond motifs is 1. The molecule has 4 rings (SSSR count). The van der Waals surface area contributed by atoms with E-state index in [4.69, 9.17) is 6.57 Å². The highest BCUT2D eigenvalue weighted by Gasteiger charge is 2.40. The van der Waals surface area contributed by atoms with Crippen molar-refractivity contribution in [2.24, 2.45) is 0 Å². The largest absolute Gasteiger partial charge is 0.435 e. The summed E-state index contributed by atoms with van der Waals surface area (Å²) >= 11 is 1.14. The maximum Gasteiger partial charge on any atom is 0.435 e. The molecule has 12 heteroatoms. The number of halogens is 5. The minimum atomic E-state index is -4.88. The van der Waals surface area contributed by atoms with E-state index in [-0.39, 0.29) is 31.1 Å².